The Balaban J connectivity index is 1.10. The Hall–Kier alpha value is -5.05. The van der Waals surface area contributed by atoms with Crippen molar-refractivity contribution in [2.24, 2.45) is 0 Å². The van der Waals surface area contributed by atoms with Crippen LogP contribution < -0.4 is 15.4 Å². The van der Waals surface area contributed by atoms with E-state index >= 15 is 0 Å². The van der Waals surface area contributed by atoms with E-state index in [1.165, 1.54) is 12.7 Å². The molecule has 6 rings (SSSR count). The number of ether oxygens (including phenoxy) is 3. The summed E-state index contributed by atoms with van der Waals surface area (Å²) in [5, 5.41) is 11.0. The van der Waals surface area contributed by atoms with E-state index in [4.69, 9.17) is 14.2 Å². The van der Waals surface area contributed by atoms with E-state index in [1.54, 1.807) is 16.8 Å². The summed E-state index contributed by atoms with van der Waals surface area (Å²) in [5.41, 5.74) is 3.80. The Bertz CT molecular complexity index is 1790. The number of anilines is 3. The maximum absolute atomic E-state index is 12.4. The van der Waals surface area contributed by atoms with Crippen molar-refractivity contribution in [1.82, 2.24) is 24.6 Å². The molecular weight excluding hydrogens is 534 g/mol. The van der Waals surface area contributed by atoms with E-state index in [-0.39, 0.29) is 6.29 Å². The van der Waals surface area contributed by atoms with Crippen molar-refractivity contribution in [2.75, 3.05) is 23.8 Å². The average Bonchev–Trinajstić information content (AvgIpc) is 3.47. The number of pyridine rings is 1. The Labute approximate surface area is 242 Å². The van der Waals surface area contributed by atoms with Gasteiger partial charge < -0.3 is 24.8 Å². The van der Waals surface area contributed by atoms with E-state index in [0.29, 0.717) is 35.9 Å². The molecule has 1 amide bonds. The second-order valence-corrected chi connectivity index (χ2v) is 9.76. The second kappa shape index (κ2) is 12.6. The maximum atomic E-state index is 12.4. The first-order valence-corrected chi connectivity index (χ1v) is 13.7. The minimum absolute atomic E-state index is 0.159. The summed E-state index contributed by atoms with van der Waals surface area (Å²) in [6.45, 7) is 3.13. The van der Waals surface area contributed by atoms with Crippen LogP contribution in [0.25, 0.3) is 16.6 Å². The third kappa shape index (κ3) is 6.63. The highest BCUT2D eigenvalue weighted by atomic mass is 16.7. The molecule has 1 aliphatic rings. The lowest BCUT2D eigenvalue weighted by molar-refractivity contribution is -0.161. The van der Waals surface area contributed by atoms with Gasteiger partial charge in [0.2, 0.25) is 0 Å². The fourth-order valence-electron chi connectivity index (χ4n) is 4.59. The first-order chi connectivity index (χ1) is 20.6. The normalized spacial score (nSPS) is 14.7. The minimum atomic E-state index is -0.399. The zero-order valence-corrected chi connectivity index (χ0v) is 23.0. The van der Waals surface area contributed by atoms with Crippen molar-refractivity contribution in [1.29, 1.82) is 0 Å². The van der Waals surface area contributed by atoms with Crippen molar-refractivity contribution < 1.29 is 19.0 Å². The molecule has 1 fully saturated rings. The van der Waals surface area contributed by atoms with Crippen molar-refractivity contribution in [3.63, 3.8) is 0 Å². The first-order valence-electron chi connectivity index (χ1n) is 13.7. The van der Waals surface area contributed by atoms with E-state index < -0.39 is 5.91 Å². The van der Waals surface area contributed by atoms with Gasteiger partial charge in [-0.1, -0.05) is 5.92 Å². The molecule has 0 bridgehead atoms. The molecule has 5 aromatic rings. The number of hydrogen-bond donors (Lipinski definition) is 2. The van der Waals surface area contributed by atoms with Gasteiger partial charge in [0.15, 0.2) is 11.9 Å². The molecule has 4 heterocycles. The van der Waals surface area contributed by atoms with Gasteiger partial charge in [0.1, 0.15) is 30.0 Å². The van der Waals surface area contributed by atoms with Crippen LogP contribution in [0.3, 0.4) is 0 Å². The SMILES string of the molecule is Cc1cc(Nc2ncnc3ccc(NC(=O)C#CCCOC4CCCCO4)cc23)ccc1Oc1ccn2ncnc2c1. The van der Waals surface area contributed by atoms with Crippen LogP contribution in [-0.2, 0) is 14.3 Å². The first kappa shape index (κ1) is 27.1. The summed E-state index contributed by atoms with van der Waals surface area (Å²) >= 11 is 0. The molecule has 1 saturated heterocycles. The van der Waals surface area contributed by atoms with Crippen molar-refractivity contribution >= 4 is 39.6 Å². The molecule has 2 aromatic carbocycles. The Morgan fingerprint density at radius 1 is 1.07 bits per heavy atom. The number of carbonyl (C=O) groups is 1. The summed E-state index contributed by atoms with van der Waals surface area (Å²) < 4.78 is 19.0. The third-order valence-electron chi connectivity index (χ3n) is 6.68. The average molecular weight is 564 g/mol. The number of hydrogen-bond acceptors (Lipinski definition) is 9. The Morgan fingerprint density at radius 3 is 2.88 bits per heavy atom. The highest BCUT2D eigenvalue weighted by Gasteiger charge is 2.13. The van der Waals surface area contributed by atoms with Crippen LogP contribution in [0.4, 0.5) is 17.2 Å². The highest BCUT2D eigenvalue weighted by Crippen LogP contribution is 2.30. The number of fused-ring (bicyclic) bond motifs is 2. The molecular formula is C31H29N7O4. The highest BCUT2D eigenvalue weighted by molar-refractivity contribution is 6.05. The number of benzene rings is 2. The van der Waals surface area contributed by atoms with Crippen LogP contribution >= 0.6 is 0 Å². The molecule has 0 saturated carbocycles. The van der Waals surface area contributed by atoms with E-state index in [9.17, 15) is 4.79 Å². The Morgan fingerprint density at radius 2 is 2.00 bits per heavy atom. The topological polar surface area (TPSA) is 125 Å². The molecule has 1 unspecified atom stereocenters. The van der Waals surface area contributed by atoms with Crippen molar-refractivity contribution in [3.8, 4) is 23.3 Å². The van der Waals surface area contributed by atoms with Crippen LogP contribution in [0.1, 0.15) is 31.2 Å². The smallest absolute Gasteiger partial charge is 0.300 e. The molecule has 3 aromatic heterocycles. The van der Waals surface area contributed by atoms with Gasteiger partial charge in [0.05, 0.1) is 12.1 Å². The zero-order valence-electron chi connectivity index (χ0n) is 23.0. The summed E-state index contributed by atoms with van der Waals surface area (Å²) in [6, 6.07) is 14.9. The largest absolute Gasteiger partial charge is 0.457 e. The van der Waals surface area contributed by atoms with Crippen LogP contribution in [0.15, 0.2) is 67.4 Å². The van der Waals surface area contributed by atoms with Gasteiger partial charge in [-0.15, -0.1) is 0 Å². The van der Waals surface area contributed by atoms with E-state index in [2.05, 4.69) is 42.5 Å². The molecule has 212 valence electrons. The molecule has 1 atom stereocenters. The van der Waals surface area contributed by atoms with Crippen molar-refractivity contribution in [2.45, 2.75) is 38.9 Å². The molecule has 0 spiro atoms. The van der Waals surface area contributed by atoms with Crippen LogP contribution in [0.5, 0.6) is 11.5 Å². The molecule has 0 radical (unpaired) electrons. The number of nitrogens with zero attached hydrogens (tertiary/aromatic N) is 5. The number of aromatic nitrogens is 5. The Kier molecular flexibility index (Phi) is 8.16. The summed E-state index contributed by atoms with van der Waals surface area (Å²) in [5.74, 6) is 7.08. The lowest BCUT2D eigenvalue weighted by Crippen LogP contribution is -2.22. The molecule has 2 N–H and O–H groups in total. The molecule has 1 aliphatic heterocycles. The van der Waals surface area contributed by atoms with Gasteiger partial charge in [-0.2, -0.15) is 5.10 Å². The van der Waals surface area contributed by atoms with Crippen LogP contribution in [0.2, 0.25) is 0 Å². The third-order valence-corrected chi connectivity index (χ3v) is 6.68. The zero-order chi connectivity index (χ0) is 28.7. The standard InChI is InChI=1S/C31H29N7O4/c1-21-16-22(9-11-27(21)42-24-12-13-38-28(18-24)33-20-35-38)37-31-25-17-23(8-10-26(25)32-19-34-31)36-29(39)6-2-4-14-40-30-7-3-5-15-41-30/h8-13,16-20,30H,3-5,7,14-15H2,1H3,(H,36,39)(H,32,34,37). The number of carbonyl (C=O) groups excluding carboxylic acids is 1. The maximum Gasteiger partial charge on any atom is 0.300 e. The van der Waals surface area contributed by atoms with Crippen LogP contribution in [-0.4, -0.2) is 50.0 Å². The fraction of sp³-hybridized carbons (Fsp3) is 0.258. The molecule has 0 aliphatic carbocycles. The minimum Gasteiger partial charge on any atom is -0.457 e. The summed E-state index contributed by atoms with van der Waals surface area (Å²) in [6.07, 6.45) is 8.18. The molecule has 11 nitrogen and oxygen atoms in total. The predicted molar refractivity (Wildman–Crippen MR) is 158 cm³/mol. The van der Waals surface area contributed by atoms with E-state index in [0.717, 1.165) is 53.8 Å². The van der Waals surface area contributed by atoms with Gasteiger partial charge in [-0.05, 0) is 80.1 Å². The number of amides is 1. The van der Waals surface area contributed by atoms with Gasteiger partial charge in [0, 0.05) is 42.1 Å². The van der Waals surface area contributed by atoms with Crippen LogP contribution in [0, 0.1) is 18.8 Å². The summed E-state index contributed by atoms with van der Waals surface area (Å²) in [4.78, 5) is 25.4. The van der Waals surface area contributed by atoms with Crippen molar-refractivity contribution in [3.05, 3.63) is 72.9 Å². The quantitative estimate of drug-likeness (QED) is 0.189. The summed E-state index contributed by atoms with van der Waals surface area (Å²) in [7, 11) is 0. The molecule has 11 heteroatoms. The van der Waals surface area contributed by atoms with E-state index in [1.807, 2.05) is 49.4 Å². The van der Waals surface area contributed by atoms with Gasteiger partial charge in [-0.25, -0.2) is 19.5 Å². The number of rotatable bonds is 8. The monoisotopic (exact) mass is 563 g/mol. The lowest BCUT2D eigenvalue weighted by atomic mass is 10.1. The number of nitrogens with one attached hydrogen (secondary N) is 2. The van der Waals surface area contributed by atoms with Gasteiger partial charge in [-0.3, -0.25) is 4.79 Å². The second-order valence-electron chi connectivity index (χ2n) is 9.76. The predicted octanol–water partition coefficient (Wildman–Crippen LogP) is 5.39. The van der Waals surface area contributed by atoms with Gasteiger partial charge >= 0.3 is 0 Å². The fourth-order valence-corrected chi connectivity index (χ4v) is 4.59. The van der Waals surface area contributed by atoms with Gasteiger partial charge in [0.25, 0.3) is 5.91 Å². The lowest BCUT2D eigenvalue weighted by Gasteiger charge is -2.22. The molecule has 42 heavy (non-hydrogen) atoms. The number of aryl methyl sites for hydroxylation is 1.